The van der Waals surface area contributed by atoms with Crippen molar-refractivity contribution in [1.82, 2.24) is 20.0 Å². The first-order chi connectivity index (χ1) is 12.7. The third-order valence-electron chi connectivity index (χ3n) is 4.62. The Morgan fingerprint density at radius 1 is 1.27 bits per heavy atom. The first kappa shape index (κ1) is 16.6. The van der Waals surface area contributed by atoms with Crippen molar-refractivity contribution in [1.29, 1.82) is 0 Å². The molecule has 26 heavy (non-hydrogen) atoms. The number of piperazine rings is 1. The topological polar surface area (TPSA) is 70.9 Å². The third-order valence-corrected chi connectivity index (χ3v) is 4.62. The Balaban J connectivity index is 1.71. The summed E-state index contributed by atoms with van der Waals surface area (Å²) >= 11 is 0. The molecule has 0 amide bonds. The lowest BCUT2D eigenvalue weighted by atomic mass is 10.1. The molecule has 2 aromatic heterocycles. The molecule has 0 spiro atoms. The average molecular weight is 357 g/mol. The zero-order valence-electron chi connectivity index (χ0n) is 14.5. The minimum absolute atomic E-state index is 0.0897. The molecule has 1 fully saturated rings. The van der Waals surface area contributed by atoms with Gasteiger partial charge in [-0.25, -0.2) is 9.37 Å². The van der Waals surface area contributed by atoms with E-state index < -0.39 is 5.83 Å². The summed E-state index contributed by atoms with van der Waals surface area (Å²) in [6.07, 6.45) is 3.17. The number of ether oxygens (including phenoxy) is 1. The van der Waals surface area contributed by atoms with E-state index in [-0.39, 0.29) is 11.4 Å². The number of pyridine rings is 1. The molecule has 4 heterocycles. The van der Waals surface area contributed by atoms with Crippen molar-refractivity contribution in [2.24, 2.45) is 0 Å². The predicted molar refractivity (Wildman–Crippen MR) is 97.7 cm³/mol. The van der Waals surface area contributed by atoms with Gasteiger partial charge >= 0.3 is 0 Å². The van der Waals surface area contributed by atoms with E-state index in [1.54, 1.807) is 0 Å². The van der Waals surface area contributed by atoms with Crippen LogP contribution in [0.25, 0.3) is 11.2 Å². The molecular weight excluding hydrogens is 337 g/mol. The summed E-state index contributed by atoms with van der Waals surface area (Å²) in [5.41, 5.74) is 2.41. The van der Waals surface area contributed by atoms with Crippen LogP contribution in [0.2, 0.25) is 0 Å². The quantitative estimate of drug-likeness (QED) is 0.850. The van der Waals surface area contributed by atoms with Crippen LogP contribution in [0, 0.1) is 0 Å². The first-order valence-corrected chi connectivity index (χ1v) is 8.53. The van der Waals surface area contributed by atoms with E-state index >= 15 is 0 Å². The summed E-state index contributed by atoms with van der Waals surface area (Å²) in [5, 5.41) is 6.15. The highest BCUT2D eigenvalue weighted by molar-refractivity contribution is 5.69. The standard InChI is InChI=1S/C18H20FN5O2/c1-26-18-14(19)8-12(10-21-18)15-9-17(25)24-11-13(2-3-16(24)22-15)23-6-4-20-5-7-23/h2-3,8-9,11,20-21H,4-7,10H2,1H3. The first-order valence-electron chi connectivity index (χ1n) is 8.53. The summed E-state index contributed by atoms with van der Waals surface area (Å²) in [6.45, 7) is 4.00. The maximum absolute atomic E-state index is 14.0. The Labute approximate surface area is 149 Å². The van der Waals surface area contributed by atoms with Crippen LogP contribution in [-0.2, 0) is 4.74 Å². The average Bonchev–Trinajstić information content (AvgIpc) is 2.68. The molecule has 0 saturated carbocycles. The number of anilines is 1. The molecule has 8 heteroatoms. The van der Waals surface area contributed by atoms with Gasteiger partial charge in [0, 0.05) is 50.6 Å². The molecule has 0 atom stereocenters. The van der Waals surface area contributed by atoms with Gasteiger partial charge in [0.2, 0.25) is 5.88 Å². The van der Waals surface area contributed by atoms with Gasteiger partial charge in [-0.1, -0.05) is 0 Å². The molecule has 0 aliphatic carbocycles. The van der Waals surface area contributed by atoms with Crippen molar-refractivity contribution in [3.05, 3.63) is 58.2 Å². The lowest BCUT2D eigenvalue weighted by Gasteiger charge is -2.29. The summed E-state index contributed by atoms with van der Waals surface area (Å²) in [4.78, 5) is 19.4. The maximum atomic E-state index is 14.0. The van der Waals surface area contributed by atoms with E-state index in [2.05, 4.69) is 20.5 Å². The van der Waals surface area contributed by atoms with Gasteiger partial charge in [0.1, 0.15) is 5.65 Å². The fourth-order valence-corrected chi connectivity index (χ4v) is 3.23. The van der Waals surface area contributed by atoms with Gasteiger partial charge in [-0.15, -0.1) is 0 Å². The molecule has 4 rings (SSSR count). The van der Waals surface area contributed by atoms with Crippen LogP contribution in [0.4, 0.5) is 10.1 Å². The summed E-state index contributed by atoms with van der Waals surface area (Å²) < 4.78 is 20.4. The zero-order valence-corrected chi connectivity index (χ0v) is 14.5. The van der Waals surface area contributed by atoms with Crippen molar-refractivity contribution in [2.45, 2.75) is 0 Å². The molecule has 136 valence electrons. The number of hydrogen-bond acceptors (Lipinski definition) is 6. The molecular formula is C18H20FN5O2. The Kier molecular flexibility index (Phi) is 4.34. The largest absolute Gasteiger partial charge is 0.480 e. The SMILES string of the molecule is COC1=C(F)C=C(c2cc(=O)n3cc(N4CCNCC4)ccc3n2)CN1. The zero-order chi connectivity index (χ0) is 18.1. The molecule has 0 radical (unpaired) electrons. The molecule has 0 unspecified atom stereocenters. The number of nitrogens with one attached hydrogen (secondary N) is 2. The van der Waals surface area contributed by atoms with Gasteiger partial charge < -0.3 is 20.3 Å². The van der Waals surface area contributed by atoms with Crippen LogP contribution in [0.3, 0.4) is 0 Å². The highest BCUT2D eigenvalue weighted by Crippen LogP contribution is 2.21. The number of rotatable bonds is 3. The van der Waals surface area contributed by atoms with E-state index in [1.165, 1.54) is 23.7 Å². The number of methoxy groups -OCH3 is 1. The number of halogens is 1. The summed E-state index contributed by atoms with van der Waals surface area (Å²) in [7, 11) is 1.40. The van der Waals surface area contributed by atoms with Gasteiger partial charge in [-0.05, 0) is 18.2 Å². The minimum atomic E-state index is -0.509. The van der Waals surface area contributed by atoms with Crippen molar-refractivity contribution in [2.75, 3.05) is 44.7 Å². The number of allylic oxidation sites excluding steroid dienone is 2. The second kappa shape index (κ2) is 6.80. The highest BCUT2D eigenvalue weighted by Gasteiger charge is 2.17. The fourth-order valence-electron chi connectivity index (χ4n) is 3.23. The molecule has 2 aliphatic heterocycles. The molecule has 7 nitrogen and oxygen atoms in total. The number of fused-ring (bicyclic) bond motifs is 1. The van der Waals surface area contributed by atoms with E-state index in [9.17, 15) is 9.18 Å². The van der Waals surface area contributed by atoms with Crippen LogP contribution in [0.1, 0.15) is 5.69 Å². The smallest absolute Gasteiger partial charge is 0.258 e. The van der Waals surface area contributed by atoms with Gasteiger partial charge in [-0.3, -0.25) is 9.20 Å². The van der Waals surface area contributed by atoms with Gasteiger partial charge in [0.05, 0.1) is 18.5 Å². The van der Waals surface area contributed by atoms with E-state index in [0.717, 1.165) is 31.9 Å². The second-order valence-electron chi connectivity index (χ2n) is 6.24. The molecule has 0 bridgehead atoms. The Morgan fingerprint density at radius 3 is 2.81 bits per heavy atom. The van der Waals surface area contributed by atoms with Crippen LogP contribution in [0.5, 0.6) is 0 Å². The Hall–Kier alpha value is -2.87. The molecule has 2 aliphatic rings. The second-order valence-corrected chi connectivity index (χ2v) is 6.24. The van der Waals surface area contributed by atoms with Gasteiger partial charge in [0.15, 0.2) is 5.83 Å². The van der Waals surface area contributed by atoms with E-state index in [4.69, 9.17) is 4.74 Å². The molecule has 2 N–H and O–H groups in total. The lowest BCUT2D eigenvalue weighted by Crippen LogP contribution is -2.43. The van der Waals surface area contributed by atoms with Gasteiger partial charge in [0.25, 0.3) is 5.56 Å². The highest BCUT2D eigenvalue weighted by atomic mass is 19.1. The van der Waals surface area contributed by atoms with Gasteiger partial charge in [-0.2, -0.15) is 0 Å². The summed E-state index contributed by atoms with van der Waals surface area (Å²) in [6, 6.07) is 5.23. The molecule has 2 aromatic rings. The van der Waals surface area contributed by atoms with E-state index in [1.807, 2.05) is 18.3 Å². The predicted octanol–water partition coefficient (Wildman–Crippen LogP) is 0.876. The number of nitrogens with zero attached hydrogens (tertiary/aromatic N) is 3. The van der Waals surface area contributed by atoms with Crippen LogP contribution in [0.15, 0.2) is 47.0 Å². The Morgan fingerprint density at radius 2 is 2.08 bits per heavy atom. The van der Waals surface area contributed by atoms with Crippen molar-refractivity contribution in [3.63, 3.8) is 0 Å². The van der Waals surface area contributed by atoms with Crippen molar-refractivity contribution in [3.8, 4) is 0 Å². The molecule has 0 aromatic carbocycles. The van der Waals surface area contributed by atoms with Crippen molar-refractivity contribution >= 4 is 16.9 Å². The third kappa shape index (κ3) is 3.03. The lowest BCUT2D eigenvalue weighted by molar-refractivity contribution is 0.249. The Bertz CT molecular complexity index is 960. The summed E-state index contributed by atoms with van der Waals surface area (Å²) in [5.74, 6) is -0.420. The van der Waals surface area contributed by atoms with Crippen molar-refractivity contribution < 1.29 is 9.13 Å². The number of hydrogen-bond donors (Lipinski definition) is 2. The number of aromatic nitrogens is 2. The molecule has 1 saturated heterocycles. The monoisotopic (exact) mass is 357 g/mol. The number of dihydropyridines is 1. The van der Waals surface area contributed by atoms with Crippen LogP contribution >= 0.6 is 0 Å². The normalized spacial score (nSPS) is 17.9. The van der Waals surface area contributed by atoms with Crippen LogP contribution in [-0.4, -0.2) is 49.2 Å². The fraction of sp³-hybridized carbons (Fsp3) is 0.333. The maximum Gasteiger partial charge on any atom is 0.258 e. The van der Waals surface area contributed by atoms with Crippen LogP contribution < -0.4 is 21.1 Å². The van der Waals surface area contributed by atoms with E-state index in [0.29, 0.717) is 23.5 Å². The minimum Gasteiger partial charge on any atom is -0.480 e.